The van der Waals surface area contributed by atoms with Gasteiger partial charge in [0.2, 0.25) is 0 Å². The predicted octanol–water partition coefficient (Wildman–Crippen LogP) is 2.20. The number of phenols is 1. The molecule has 112 valence electrons. The quantitative estimate of drug-likeness (QED) is 0.456. The normalized spacial score (nSPS) is 21.4. The van der Waals surface area contributed by atoms with Crippen LogP contribution in [0.2, 0.25) is 0 Å². The smallest absolute Gasteiger partial charge is 0.126 e. The van der Waals surface area contributed by atoms with Gasteiger partial charge in [0, 0.05) is 34.7 Å². The molecule has 1 fully saturated rings. The van der Waals surface area contributed by atoms with E-state index in [1.807, 2.05) is 13.0 Å². The van der Waals surface area contributed by atoms with E-state index in [4.69, 9.17) is 4.74 Å². The van der Waals surface area contributed by atoms with E-state index in [-0.39, 0.29) is 16.5 Å². The van der Waals surface area contributed by atoms with Crippen LogP contribution in [0.5, 0.6) is 5.75 Å². The number of ether oxygens (including phenoxy) is 1. The minimum Gasteiger partial charge on any atom is -0.633 e. The lowest BCUT2D eigenvalue weighted by Gasteiger charge is -2.47. The van der Waals surface area contributed by atoms with Crippen LogP contribution in [-0.4, -0.2) is 18.3 Å². The number of nitrogens with one attached hydrogen (secondary N) is 1. The van der Waals surface area contributed by atoms with Crippen molar-refractivity contribution in [3.05, 3.63) is 32.5 Å². The van der Waals surface area contributed by atoms with Crippen LogP contribution < -0.4 is 4.83 Å². The molecule has 1 heterocycles. The third kappa shape index (κ3) is 3.12. The molecule has 1 aliphatic heterocycles. The van der Waals surface area contributed by atoms with Crippen LogP contribution in [-0.2, 0) is 10.3 Å². The Morgan fingerprint density at radius 1 is 1.45 bits per heavy atom. The summed E-state index contributed by atoms with van der Waals surface area (Å²) in [7, 11) is 2.36. The van der Waals surface area contributed by atoms with Gasteiger partial charge in [-0.25, -0.2) is 0 Å². The van der Waals surface area contributed by atoms with E-state index < -0.39 is 5.54 Å². The summed E-state index contributed by atoms with van der Waals surface area (Å²) in [6.45, 7) is 3.47. The minimum absolute atomic E-state index is 0.105. The average Bonchev–Trinajstić information content (AvgIpc) is 2.40. The number of phenolic OH excluding ortho intramolecular Hbond substituents is 1. The molecule has 1 aromatic carbocycles. The van der Waals surface area contributed by atoms with Gasteiger partial charge >= 0.3 is 0 Å². The van der Waals surface area contributed by atoms with Crippen LogP contribution in [0.15, 0.2) is 18.2 Å². The lowest BCUT2D eigenvalue weighted by atomic mass is 9.73. The molecular formula is C14H21INO3P. The second kappa shape index (κ2) is 6.88. The number of hydroxylamine groups is 1. The van der Waals surface area contributed by atoms with E-state index >= 15 is 0 Å². The maximum Gasteiger partial charge on any atom is 0.126 e. The van der Waals surface area contributed by atoms with Crippen LogP contribution in [0, 0.1) is 14.7 Å². The van der Waals surface area contributed by atoms with Crippen molar-refractivity contribution in [2.45, 2.75) is 31.7 Å². The molecule has 1 aliphatic rings. The van der Waals surface area contributed by atoms with Gasteiger partial charge in [-0.15, -0.1) is 0 Å². The molecule has 3 atom stereocenters. The zero-order valence-electron chi connectivity index (χ0n) is 11.6. The molecule has 0 spiro atoms. The molecule has 1 aromatic rings. The molecular weight excluding hydrogens is 388 g/mol. The topological polar surface area (TPSA) is 57.0 Å². The SMILES string of the molecule is CCC(c1cc(O)cc(I)c1)(C1CCOCC1)[NH+]([O-])P. The fourth-order valence-corrected chi connectivity index (χ4v) is 4.53. The van der Waals surface area contributed by atoms with E-state index in [2.05, 4.69) is 32.0 Å². The van der Waals surface area contributed by atoms with Crippen molar-refractivity contribution in [1.29, 1.82) is 0 Å². The van der Waals surface area contributed by atoms with Crippen molar-refractivity contribution < 1.29 is 14.7 Å². The van der Waals surface area contributed by atoms with Gasteiger partial charge in [0.15, 0.2) is 0 Å². The summed E-state index contributed by atoms with van der Waals surface area (Å²) in [6, 6.07) is 5.46. The van der Waals surface area contributed by atoms with Crippen molar-refractivity contribution in [2.24, 2.45) is 5.92 Å². The fourth-order valence-electron chi connectivity index (χ4n) is 3.27. The van der Waals surface area contributed by atoms with Crippen LogP contribution in [0.4, 0.5) is 0 Å². The van der Waals surface area contributed by atoms with Crippen molar-refractivity contribution >= 4 is 32.0 Å². The van der Waals surface area contributed by atoms with Crippen LogP contribution in [0.25, 0.3) is 0 Å². The number of hydrogen-bond acceptors (Lipinski definition) is 3. The summed E-state index contributed by atoms with van der Waals surface area (Å²) in [5, 5.41) is 22.3. The van der Waals surface area contributed by atoms with Crippen LogP contribution in [0.3, 0.4) is 0 Å². The van der Waals surface area contributed by atoms with Crippen molar-refractivity contribution in [2.75, 3.05) is 13.2 Å². The van der Waals surface area contributed by atoms with Gasteiger partial charge in [0.05, 0.1) is 9.39 Å². The van der Waals surface area contributed by atoms with Gasteiger partial charge in [0.25, 0.3) is 0 Å². The highest BCUT2D eigenvalue weighted by atomic mass is 127. The molecule has 0 saturated carbocycles. The second-order valence-electron chi connectivity index (χ2n) is 5.27. The Morgan fingerprint density at radius 3 is 2.60 bits per heavy atom. The first-order chi connectivity index (χ1) is 9.50. The highest BCUT2D eigenvalue weighted by Crippen LogP contribution is 2.38. The first-order valence-electron chi connectivity index (χ1n) is 6.88. The molecule has 0 bridgehead atoms. The summed E-state index contributed by atoms with van der Waals surface area (Å²) < 4.78 is 6.39. The van der Waals surface area contributed by atoms with Gasteiger partial charge in [-0.05, 0) is 53.6 Å². The molecule has 20 heavy (non-hydrogen) atoms. The van der Waals surface area contributed by atoms with Crippen molar-refractivity contribution in [3.8, 4) is 5.75 Å². The molecule has 0 aliphatic carbocycles. The van der Waals surface area contributed by atoms with E-state index in [0.717, 1.165) is 28.4 Å². The second-order valence-corrected chi connectivity index (χ2v) is 7.04. The van der Waals surface area contributed by atoms with Gasteiger partial charge in [0.1, 0.15) is 11.3 Å². The maximum atomic E-state index is 12.5. The lowest BCUT2D eigenvalue weighted by Crippen LogP contribution is -3.07. The summed E-state index contributed by atoms with van der Waals surface area (Å²) in [5.41, 5.74) is 0.393. The van der Waals surface area contributed by atoms with Gasteiger partial charge in [-0.2, -0.15) is 0 Å². The Bertz CT molecular complexity index is 445. The Kier molecular flexibility index (Phi) is 5.65. The summed E-state index contributed by atoms with van der Waals surface area (Å²) in [6.07, 6.45) is 2.51. The van der Waals surface area contributed by atoms with Crippen LogP contribution in [0.1, 0.15) is 31.7 Å². The number of rotatable bonds is 4. The summed E-state index contributed by atoms with van der Waals surface area (Å²) in [4.78, 5) is 0.105. The van der Waals surface area contributed by atoms with Crippen molar-refractivity contribution in [3.63, 3.8) is 0 Å². The predicted molar refractivity (Wildman–Crippen MR) is 90.4 cm³/mol. The Balaban J connectivity index is 2.49. The van der Waals surface area contributed by atoms with E-state index in [1.54, 1.807) is 12.1 Å². The monoisotopic (exact) mass is 409 g/mol. The molecule has 4 nitrogen and oxygen atoms in total. The fraction of sp³-hybridized carbons (Fsp3) is 0.571. The summed E-state index contributed by atoms with van der Waals surface area (Å²) in [5.74, 6) is 0.492. The van der Waals surface area contributed by atoms with E-state index in [1.165, 1.54) is 0 Å². The Hall–Kier alpha value is 0.0600. The molecule has 0 aromatic heterocycles. The average molecular weight is 409 g/mol. The third-order valence-corrected chi connectivity index (χ3v) is 5.45. The molecule has 2 N–H and O–H groups in total. The highest BCUT2D eigenvalue weighted by molar-refractivity contribution is 14.1. The molecule has 2 rings (SSSR count). The summed E-state index contributed by atoms with van der Waals surface area (Å²) >= 11 is 2.18. The van der Waals surface area contributed by atoms with Gasteiger partial charge in [-0.1, -0.05) is 6.92 Å². The van der Waals surface area contributed by atoms with Crippen LogP contribution >= 0.6 is 32.0 Å². The Morgan fingerprint density at radius 2 is 2.10 bits per heavy atom. The maximum absolute atomic E-state index is 12.5. The number of halogens is 1. The van der Waals surface area contributed by atoms with E-state index in [9.17, 15) is 10.3 Å². The Labute approximate surface area is 135 Å². The highest BCUT2D eigenvalue weighted by Gasteiger charge is 2.44. The number of benzene rings is 1. The number of aromatic hydroxyl groups is 1. The lowest BCUT2D eigenvalue weighted by molar-refractivity contribution is -0.789. The first kappa shape index (κ1) is 16.4. The zero-order chi connectivity index (χ0) is 14.8. The van der Waals surface area contributed by atoms with Gasteiger partial charge < -0.3 is 19.9 Å². The standard InChI is InChI=1S/C14H21INO3P/c1-2-14(16(18)20,10-3-5-19-6-4-10)11-7-12(15)9-13(17)8-11/h7-10,16-17H,2-6,20H2,1H3. The molecule has 3 unspecified atom stereocenters. The molecule has 6 heteroatoms. The number of hydrogen-bond donors (Lipinski definition) is 2. The van der Waals surface area contributed by atoms with E-state index in [0.29, 0.717) is 13.2 Å². The van der Waals surface area contributed by atoms with Gasteiger partial charge in [-0.3, -0.25) is 0 Å². The molecule has 0 radical (unpaired) electrons. The molecule has 0 amide bonds. The zero-order valence-corrected chi connectivity index (χ0v) is 14.9. The van der Waals surface area contributed by atoms with Crippen molar-refractivity contribution in [1.82, 2.24) is 0 Å². The number of quaternary nitrogens is 1. The first-order valence-corrected chi connectivity index (χ1v) is 8.54. The largest absolute Gasteiger partial charge is 0.633 e. The minimum atomic E-state index is -0.535. The molecule has 1 saturated heterocycles. The third-order valence-electron chi connectivity index (χ3n) is 4.31.